The number of nitrogens with one attached hydrogen (secondary N) is 2. The summed E-state index contributed by atoms with van der Waals surface area (Å²) in [5, 5.41) is 13.2. The van der Waals surface area contributed by atoms with E-state index >= 15 is 0 Å². The lowest BCUT2D eigenvalue weighted by atomic mass is 10.0. The molecule has 0 aliphatic heterocycles. The fraction of sp³-hybridized carbons (Fsp3) is 0.385. The van der Waals surface area contributed by atoms with Crippen LogP contribution in [-0.2, 0) is 4.74 Å². The normalized spacial score (nSPS) is 11.6. The average molecular weight is 335 g/mol. The highest BCUT2D eigenvalue weighted by molar-refractivity contribution is 6.21. The molecule has 2 amide bonds. The highest BCUT2D eigenvalue weighted by atomic mass is 35.5. The first-order valence-corrected chi connectivity index (χ1v) is 7.10. The number of hydrogen-bond acceptors (Lipinski definition) is 3. The van der Waals surface area contributed by atoms with Crippen LogP contribution in [-0.4, -0.2) is 29.8 Å². The molecule has 0 spiro atoms. The van der Waals surface area contributed by atoms with Gasteiger partial charge in [-0.25, -0.2) is 9.59 Å². The van der Waals surface area contributed by atoms with Gasteiger partial charge in [-0.15, -0.1) is 23.2 Å². The second-order valence-electron chi connectivity index (χ2n) is 4.27. The molecule has 0 aliphatic rings. The van der Waals surface area contributed by atoms with Crippen molar-refractivity contribution in [2.24, 2.45) is 0 Å². The summed E-state index contributed by atoms with van der Waals surface area (Å²) < 4.78 is 4.83. The Labute approximate surface area is 132 Å². The molecule has 0 bridgehead atoms. The van der Waals surface area contributed by atoms with Crippen molar-refractivity contribution >= 4 is 46.8 Å². The van der Waals surface area contributed by atoms with Crippen molar-refractivity contribution in [3.63, 3.8) is 0 Å². The van der Waals surface area contributed by atoms with Crippen LogP contribution < -0.4 is 10.6 Å². The molecule has 0 saturated carbocycles. The molecule has 6 nitrogen and oxygen atoms in total. The molecule has 0 radical (unpaired) electrons. The van der Waals surface area contributed by atoms with Gasteiger partial charge in [0, 0.05) is 5.56 Å². The third-order valence-corrected chi connectivity index (χ3v) is 2.88. The summed E-state index contributed by atoms with van der Waals surface area (Å²) in [5.74, 6) is 0.186. The van der Waals surface area contributed by atoms with Crippen molar-refractivity contribution in [3.8, 4) is 0 Å². The molecule has 1 atom stereocenters. The standard InChI is InChI=1S/C13H16Cl2N2O4/c1-7-5-9(16-12(18)19)11(8(2)15)10(6-7)17-13(20)21-4-3-14/h5-6,8,16H,3-4H2,1-2H3,(H,17,20)(H,18,19). The summed E-state index contributed by atoms with van der Waals surface area (Å²) in [5.41, 5.74) is 1.93. The van der Waals surface area contributed by atoms with E-state index in [1.807, 2.05) is 0 Å². The smallest absolute Gasteiger partial charge is 0.411 e. The van der Waals surface area contributed by atoms with Crippen LogP contribution in [0, 0.1) is 6.92 Å². The first-order valence-electron chi connectivity index (χ1n) is 6.13. The van der Waals surface area contributed by atoms with Crippen LogP contribution >= 0.6 is 23.2 Å². The van der Waals surface area contributed by atoms with Gasteiger partial charge in [-0.3, -0.25) is 10.6 Å². The fourth-order valence-electron chi connectivity index (χ4n) is 1.83. The quantitative estimate of drug-likeness (QED) is 0.705. The number of alkyl halides is 2. The molecule has 0 saturated heterocycles. The van der Waals surface area contributed by atoms with Gasteiger partial charge in [0.05, 0.1) is 22.6 Å². The number of carbonyl (C=O) groups is 2. The Balaban J connectivity index is 3.14. The lowest BCUT2D eigenvalue weighted by Crippen LogP contribution is -2.18. The van der Waals surface area contributed by atoms with Crippen LogP contribution in [0.2, 0.25) is 0 Å². The number of aryl methyl sites for hydroxylation is 1. The van der Waals surface area contributed by atoms with Gasteiger partial charge in [0.1, 0.15) is 6.61 Å². The van der Waals surface area contributed by atoms with Gasteiger partial charge in [-0.1, -0.05) is 0 Å². The number of carboxylic acid groups (broad SMARTS) is 1. The van der Waals surface area contributed by atoms with Crippen LogP contribution in [0.25, 0.3) is 0 Å². The van der Waals surface area contributed by atoms with E-state index in [4.69, 9.17) is 33.0 Å². The summed E-state index contributed by atoms with van der Waals surface area (Å²) in [6.07, 6.45) is -1.89. The number of hydrogen-bond donors (Lipinski definition) is 3. The summed E-state index contributed by atoms with van der Waals surface area (Å²) in [6, 6.07) is 3.32. The number of ether oxygens (including phenoxy) is 1. The van der Waals surface area contributed by atoms with Gasteiger partial charge in [0.25, 0.3) is 0 Å². The molecule has 0 aromatic heterocycles. The molecule has 116 valence electrons. The number of rotatable bonds is 5. The summed E-state index contributed by atoms with van der Waals surface area (Å²) in [6.45, 7) is 3.52. The van der Waals surface area contributed by atoms with Crippen LogP contribution in [0.5, 0.6) is 0 Å². The van der Waals surface area contributed by atoms with Gasteiger partial charge in [-0.2, -0.15) is 0 Å². The van der Waals surface area contributed by atoms with E-state index in [2.05, 4.69) is 10.6 Å². The van der Waals surface area contributed by atoms with Crippen molar-refractivity contribution in [1.29, 1.82) is 0 Å². The Morgan fingerprint density at radius 3 is 2.38 bits per heavy atom. The second kappa shape index (κ2) is 7.95. The van der Waals surface area contributed by atoms with E-state index in [0.717, 1.165) is 5.56 Å². The third kappa shape index (κ3) is 5.32. The molecule has 3 N–H and O–H groups in total. The van der Waals surface area contributed by atoms with Crippen LogP contribution in [0.4, 0.5) is 21.0 Å². The van der Waals surface area contributed by atoms with Gasteiger partial charge in [0.2, 0.25) is 0 Å². The Hall–Kier alpha value is -1.66. The van der Waals surface area contributed by atoms with E-state index < -0.39 is 17.6 Å². The van der Waals surface area contributed by atoms with Gasteiger partial charge < -0.3 is 9.84 Å². The topological polar surface area (TPSA) is 87.7 Å². The number of benzene rings is 1. The largest absolute Gasteiger partial charge is 0.465 e. The van der Waals surface area contributed by atoms with Crippen molar-refractivity contribution in [2.75, 3.05) is 23.1 Å². The third-order valence-electron chi connectivity index (χ3n) is 2.51. The van der Waals surface area contributed by atoms with Crippen molar-refractivity contribution in [1.82, 2.24) is 0 Å². The van der Waals surface area contributed by atoms with Crippen LogP contribution in [0.1, 0.15) is 23.4 Å². The lowest BCUT2D eigenvalue weighted by Gasteiger charge is -2.18. The molecule has 0 fully saturated rings. The van der Waals surface area contributed by atoms with Crippen LogP contribution in [0.3, 0.4) is 0 Å². The van der Waals surface area contributed by atoms with Gasteiger partial charge >= 0.3 is 12.2 Å². The summed E-state index contributed by atoms with van der Waals surface area (Å²) >= 11 is 11.5. The zero-order valence-corrected chi connectivity index (χ0v) is 13.1. The maximum Gasteiger partial charge on any atom is 0.411 e. The van der Waals surface area contributed by atoms with Crippen LogP contribution in [0.15, 0.2) is 12.1 Å². The monoisotopic (exact) mass is 334 g/mol. The molecule has 1 rings (SSSR count). The Kier molecular flexibility index (Phi) is 6.58. The van der Waals surface area contributed by atoms with E-state index in [9.17, 15) is 9.59 Å². The predicted octanol–water partition coefficient (Wildman–Crippen LogP) is 4.17. The Morgan fingerprint density at radius 2 is 1.90 bits per heavy atom. The highest BCUT2D eigenvalue weighted by Crippen LogP contribution is 2.35. The number of anilines is 2. The predicted molar refractivity (Wildman–Crippen MR) is 82.8 cm³/mol. The minimum Gasteiger partial charge on any atom is -0.465 e. The molecule has 1 aromatic rings. The summed E-state index contributed by atoms with van der Waals surface area (Å²) in [7, 11) is 0. The average Bonchev–Trinajstić information content (AvgIpc) is 2.34. The molecule has 0 aliphatic carbocycles. The Morgan fingerprint density at radius 1 is 1.33 bits per heavy atom. The summed E-state index contributed by atoms with van der Waals surface area (Å²) in [4.78, 5) is 22.5. The molecule has 1 unspecified atom stereocenters. The molecular formula is C13H16Cl2N2O4. The molecular weight excluding hydrogens is 319 g/mol. The minimum absolute atomic E-state index is 0.0746. The molecule has 8 heteroatoms. The van der Waals surface area contributed by atoms with E-state index in [0.29, 0.717) is 16.9 Å². The second-order valence-corrected chi connectivity index (χ2v) is 5.30. The molecule has 0 heterocycles. The van der Waals surface area contributed by atoms with E-state index in [1.165, 1.54) is 0 Å². The maximum atomic E-state index is 11.6. The lowest BCUT2D eigenvalue weighted by molar-refractivity contribution is 0.168. The van der Waals surface area contributed by atoms with Gasteiger partial charge in [-0.05, 0) is 31.5 Å². The highest BCUT2D eigenvalue weighted by Gasteiger charge is 2.18. The van der Waals surface area contributed by atoms with Crippen molar-refractivity contribution in [2.45, 2.75) is 19.2 Å². The van der Waals surface area contributed by atoms with Crippen molar-refractivity contribution in [3.05, 3.63) is 23.3 Å². The first kappa shape index (κ1) is 17.4. The zero-order chi connectivity index (χ0) is 16.0. The number of carbonyl (C=O) groups excluding carboxylic acids is 1. The Bertz CT molecular complexity index is 535. The van der Waals surface area contributed by atoms with Crippen molar-refractivity contribution < 1.29 is 19.4 Å². The van der Waals surface area contributed by atoms with E-state index in [-0.39, 0.29) is 12.5 Å². The molecule has 1 aromatic carbocycles. The fourth-order valence-corrected chi connectivity index (χ4v) is 2.14. The minimum atomic E-state index is -1.21. The number of amides is 2. The molecule has 21 heavy (non-hydrogen) atoms. The zero-order valence-electron chi connectivity index (χ0n) is 11.6. The van der Waals surface area contributed by atoms with E-state index in [1.54, 1.807) is 26.0 Å². The first-order chi connectivity index (χ1) is 9.85. The number of halogens is 2. The maximum absolute atomic E-state index is 11.6. The SMILES string of the molecule is Cc1cc(NC(=O)O)c(C(C)Cl)c(NC(=O)OCCCl)c1. The van der Waals surface area contributed by atoms with Gasteiger partial charge in [0.15, 0.2) is 0 Å².